The lowest BCUT2D eigenvalue weighted by molar-refractivity contribution is 0.177. The topological polar surface area (TPSA) is 77.8 Å². The van der Waals surface area contributed by atoms with Gasteiger partial charge in [0.05, 0.1) is 11.4 Å². The molecule has 1 saturated carbocycles. The number of aromatic nitrogens is 5. The Morgan fingerprint density at radius 3 is 2.81 bits per heavy atom. The summed E-state index contributed by atoms with van der Waals surface area (Å²) in [5.74, 6) is 4.08. The molecule has 4 aromatic rings. The van der Waals surface area contributed by atoms with Gasteiger partial charge in [0.15, 0.2) is 5.82 Å². The molecule has 2 aliphatic rings. The first kappa shape index (κ1) is 18.9. The molecule has 0 radical (unpaired) electrons. The third-order valence-corrected chi connectivity index (χ3v) is 6.85. The maximum absolute atomic E-state index is 5.24. The maximum atomic E-state index is 5.24. The fraction of sp³-hybridized carbons (Fsp3) is 0.391. The molecule has 0 spiro atoms. The van der Waals surface area contributed by atoms with Gasteiger partial charge in [0, 0.05) is 30.5 Å². The average molecular weight is 433 g/mol. The molecule has 158 valence electrons. The fourth-order valence-electron chi connectivity index (χ4n) is 4.31. The van der Waals surface area contributed by atoms with Crippen molar-refractivity contribution in [1.29, 1.82) is 0 Å². The molecule has 8 heteroatoms. The molecule has 0 bridgehead atoms. The zero-order chi connectivity index (χ0) is 20.8. The van der Waals surface area contributed by atoms with Crippen molar-refractivity contribution < 1.29 is 4.74 Å². The Bertz CT molecular complexity index is 1230. The number of hydrogen-bond acceptors (Lipinski definition) is 7. The highest BCUT2D eigenvalue weighted by Crippen LogP contribution is 2.43. The molecule has 1 aliphatic heterocycles. The van der Waals surface area contributed by atoms with Gasteiger partial charge in [-0.3, -0.25) is 0 Å². The van der Waals surface area contributed by atoms with Crippen LogP contribution in [-0.2, 0) is 17.9 Å². The quantitative estimate of drug-likeness (QED) is 0.466. The van der Waals surface area contributed by atoms with Crippen LogP contribution in [0, 0.1) is 0 Å². The van der Waals surface area contributed by atoms with Gasteiger partial charge in [-0.1, -0.05) is 30.3 Å². The summed E-state index contributed by atoms with van der Waals surface area (Å²) in [6.07, 6.45) is 4.42. The van der Waals surface area contributed by atoms with Gasteiger partial charge in [-0.25, -0.2) is 19.6 Å². The first-order chi connectivity index (χ1) is 15.3. The Hall–Kier alpha value is -2.84. The summed E-state index contributed by atoms with van der Waals surface area (Å²) >= 11 is 1.70. The zero-order valence-electron chi connectivity index (χ0n) is 17.4. The van der Waals surface area contributed by atoms with Gasteiger partial charge in [-0.05, 0) is 31.2 Å². The molecule has 31 heavy (non-hydrogen) atoms. The molecule has 1 fully saturated rings. The van der Waals surface area contributed by atoms with Crippen LogP contribution in [-0.4, -0.2) is 31.8 Å². The summed E-state index contributed by atoms with van der Waals surface area (Å²) < 4.78 is 7.26. The molecule has 6 rings (SSSR count). The molecular weight excluding hydrogens is 408 g/mol. The Morgan fingerprint density at radius 1 is 1.13 bits per heavy atom. The number of aryl methyl sites for hydroxylation is 1. The predicted octanol–water partition coefficient (Wildman–Crippen LogP) is 4.92. The van der Waals surface area contributed by atoms with Crippen molar-refractivity contribution in [3.05, 3.63) is 53.2 Å². The SMILES string of the molecule is COCc1nc2n(n1)CCCC2Nc1nc(C2CC2)nc2scc(-c3ccccc3)c12. The first-order valence-corrected chi connectivity index (χ1v) is 11.7. The number of thiophene rings is 1. The van der Waals surface area contributed by atoms with Crippen LogP contribution in [0.25, 0.3) is 21.3 Å². The summed E-state index contributed by atoms with van der Waals surface area (Å²) in [5.41, 5.74) is 2.37. The minimum absolute atomic E-state index is 0.0699. The number of nitrogens with one attached hydrogen (secondary N) is 1. The Labute approximate surface area is 184 Å². The van der Waals surface area contributed by atoms with Gasteiger partial charge in [-0.15, -0.1) is 11.3 Å². The maximum Gasteiger partial charge on any atom is 0.176 e. The highest BCUT2D eigenvalue weighted by Gasteiger charge is 2.30. The Balaban J connectivity index is 1.44. The van der Waals surface area contributed by atoms with Crippen LogP contribution in [0.2, 0.25) is 0 Å². The van der Waals surface area contributed by atoms with Gasteiger partial charge in [-0.2, -0.15) is 5.10 Å². The number of hydrogen-bond donors (Lipinski definition) is 1. The summed E-state index contributed by atoms with van der Waals surface area (Å²) in [4.78, 5) is 15.8. The van der Waals surface area contributed by atoms with E-state index in [9.17, 15) is 0 Å². The Morgan fingerprint density at radius 2 is 2.00 bits per heavy atom. The predicted molar refractivity (Wildman–Crippen MR) is 121 cm³/mol. The second kappa shape index (κ2) is 7.69. The highest BCUT2D eigenvalue weighted by atomic mass is 32.1. The van der Waals surface area contributed by atoms with E-state index in [1.54, 1.807) is 18.4 Å². The summed E-state index contributed by atoms with van der Waals surface area (Å²) in [6, 6.07) is 10.6. The normalized spacial score (nSPS) is 18.3. The van der Waals surface area contributed by atoms with Gasteiger partial charge >= 0.3 is 0 Å². The number of anilines is 1. The van der Waals surface area contributed by atoms with Crippen molar-refractivity contribution in [2.45, 2.75) is 50.8 Å². The average Bonchev–Trinajstić information content (AvgIpc) is 3.42. The summed E-state index contributed by atoms with van der Waals surface area (Å²) in [6.45, 7) is 1.32. The van der Waals surface area contributed by atoms with E-state index in [4.69, 9.17) is 19.7 Å². The number of benzene rings is 1. The molecular formula is C23H24N6OS. The van der Waals surface area contributed by atoms with Crippen LogP contribution in [0.3, 0.4) is 0 Å². The van der Waals surface area contributed by atoms with Crippen molar-refractivity contribution in [1.82, 2.24) is 24.7 Å². The van der Waals surface area contributed by atoms with E-state index < -0.39 is 0 Å². The number of nitrogens with zero attached hydrogens (tertiary/aromatic N) is 5. The van der Waals surface area contributed by atoms with E-state index in [1.807, 2.05) is 10.7 Å². The molecule has 1 aromatic carbocycles. The number of ether oxygens (including phenoxy) is 1. The Kier molecular flexibility index (Phi) is 4.69. The molecule has 3 aromatic heterocycles. The van der Waals surface area contributed by atoms with E-state index in [0.717, 1.165) is 52.9 Å². The lowest BCUT2D eigenvalue weighted by Gasteiger charge is -2.24. The van der Waals surface area contributed by atoms with E-state index in [-0.39, 0.29) is 6.04 Å². The molecule has 1 N–H and O–H groups in total. The molecule has 0 saturated heterocycles. The third-order valence-electron chi connectivity index (χ3n) is 5.98. The molecule has 1 atom stereocenters. The van der Waals surface area contributed by atoms with E-state index in [1.165, 1.54) is 24.0 Å². The van der Waals surface area contributed by atoms with E-state index in [2.05, 4.69) is 40.1 Å². The lowest BCUT2D eigenvalue weighted by Crippen LogP contribution is -2.23. The molecule has 4 heterocycles. The van der Waals surface area contributed by atoms with Gasteiger partial charge in [0.2, 0.25) is 0 Å². The second-order valence-electron chi connectivity index (χ2n) is 8.28. The smallest absolute Gasteiger partial charge is 0.176 e. The van der Waals surface area contributed by atoms with Crippen LogP contribution in [0.5, 0.6) is 0 Å². The third kappa shape index (κ3) is 3.49. The standard InChI is InChI=1S/C23H24N6OS/c1-30-12-18-25-22-17(8-5-11-29(22)28-18)24-21-19-16(14-6-3-2-4-7-14)13-31-23(19)27-20(26-21)15-9-10-15/h2-4,6-7,13,15,17H,5,8-12H2,1H3,(H,24,26,27). The minimum Gasteiger partial charge on any atom is -0.377 e. The monoisotopic (exact) mass is 432 g/mol. The van der Waals surface area contributed by atoms with Crippen molar-refractivity contribution in [3.63, 3.8) is 0 Å². The minimum atomic E-state index is 0.0699. The van der Waals surface area contributed by atoms with Crippen molar-refractivity contribution in [3.8, 4) is 11.1 Å². The highest BCUT2D eigenvalue weighted by molar-refractivity contribution is 7.17. The summed E-state index contributed by atoms with van der Waals surface area (Å²) in [5, 5.41) is 11.7. The van der Waals surface area contributed by atoms with Gasteiger partial charge in [0.25, 0.3) is 0 Å². The van der Waals surface area contributed by atoms with Gasteiger partial charge < -0.3 is 10.1 Å². The number of methoxy groups -OCH3 is 1. The summed E-state index contributed by atoms with van der Waals surface area (Å²) in [7, 11) is 1.68. The zero-order valence-corrected chi connectivity index (χ0v) is 18.2. The molecule has 7 nitrogen and oxygen atoms in total. The fourth-order valence-corrected chi connectivity index (χ4v) is 5.26. The number of fused-ring (bicyclic) bond motifs is 2. The van der Waals surface area contributed by atoms with E-state index in [0.29, 0.717) is 12.5 Å². The van der Waals surface area contributed by atoms with Gasteiger partial charge in [0.1, 0.15) is 28.9 Å². The van der Waals surface area contributed by atoms with Crippen LogP contribution in [0.15, 0.2) is 35.7 Å². The van der Waals surface area contributed by atoms with Crippen molar-refractivity contribution >= 4 is 27.4 Å². The second-order valence-corrected chi connectivity index (χ2v) is 9.14. The van der Waals surface area contributed by atoms with Crippen LogP contribution < -0.4 is 5.32 Å². The van der Waals surface area contributed by atoms with Crippen LogP contribution in [0.4, 0.5) is 5.82 Å². The van der Waals surface area contributed by atoms with E-state index >= 15 is 0 Å². The molecule has 1 unspecified atom stereocenters. The molecule has 0 amide bonds. The van der Waals surface area contributed by atoms with Crippen molar-refractivity contribution in [2.24, 2.45) is 0 Å². The van der Waals surface area contributed by atoms with Crippen LogP contribution in [0.1, 0.15) is 55.1 Å². The largest absolute Gasteiger partial charge is 0.377 e. The van der Waals surface area contributed by atoms with Crippen LogP contribution >= 0.6 is 11.3 Å². The first-order valence-electron chi connectivity index (χ1n) is 10.8. The lowest BCUT2D eigenvalue weighted by atomic mass is 10.0. The number of rotatable bonds is 6. The van der Waals surface area contributed by atoms with Crippen molar-refractivity contribution in [2.75, 3.05) is 12.4 Å². The molecule has 1 aliphatic carbocycles.